The summed E-state index contributed by atoms with van der Waals surface area (Å²) in [5.74, 6) is 1.45. The van der Waals surface area contributed by atoms with E-state index in [0.717, 1.165) is 12.3 Å². The van der Waals surface area contributed by atoms with Gasteiger partial charge in [0.2, 0.25) is 0 Å². The topological polar surface area (TPSA) is 53.0 Å². The molecule has 0 aromatic carbocycles. The lowest BCUT2D eigenvalue weighted by Crippen LogP contribution is -2.26. The minimum Gasteiger partial charge on any atom is -0.362 e. The van der Waals surface area contributed by atoms with Crippen LogP contribution in [0.15, 0.2) is 6.33 Å². The average Bonchev–Trinajstić information content (AvgIpc) is 2.66. The zero-order valence-corrected chi connectivity index (χ0v) is 12.0. The molecule has 0 aliphatic heterocycles. The Balaban J connectivity index is 2.08. The number of fused-ring (bicyclic) bond motifs is 3. The second kappa shape index (κ2) is 3.92. The molecule has 0 saturated carbocycles. The van der Waals surface area contributed by atoms with Crippen LogP contribution in [0.25, 0.3) is 10.2 Å². The van der Waals surface area contributed by atoms with Crippen molar-refractivity contribution in [2.75, 3.05) is 5.73 Å². The lowest BCUT2D eigenvalue weighted by Gasteiger charge is -2.33. The highest BCUT2D eigenvalue weighted by atomic mass is 32.1. The summed E-state index contributed by atoms with van der Waals surface area (Å²) in [6.45, 7) is 7.04. The fourth-order valence-corrected chi connectivity index (χ4v) is 4.22. The highest BCUT2D eigenvalue weighted by molar-refractivity contribution is 7.18. The Hall–Kier alpha value is -1.16. The summed E-state index contributed by atoms with van der Waals surface area (Å²) in [7, 11) is 0. The molecule has 0 bridgehead atoms. The van der Waals surface area contributed by atoms with E-state index in [1.54, 1.807) is 6.33 Å². The zero-order valence-electron chi connectivity index (χ0n) is 11.2. The first-order chi connectivity index (χ1) is 8.47. The molecule has 0 radical (unpaired) electrons. The Labute approximate surface area is 111 Å². The smallest absolute Gasteiger partial charge is 0.287 e. The van der Waals surface area contributed by atoms with Crippen LogP contribution in [0.1, 0.15) is 37.6 Å². The summed E-state index contributed by atoms with van der Waals surface area (Å²) in [5.41, 5.74) is 7.85. The van der Waals surface area contributed by atoms with Crippen LogP contribution in [0.4, 0.5) is 5.82 Å². The third-order valence-electron chi connectivity index (χ3n) is 4.15. The summed E-state index contributed by atoms with van der Waals surface area (Å²) >= 11 is 1.86. The Kier molecular flexibility index (Phi) is 2.59. The fourth-order valence-electron chi connectivity index (χ4n) is 2.92. The molecule has 96 valence electrons. The van der Waals surface area contributed by atoms with Crippen LogP contribution in [-0.2, 0) is 12.8 Å². The van der Waals surface area contributed by atoms with Crippen LogP contribution in [0.5, 0.6) is 0 Å². The largest absolute Gasteiger partial charge is 0.362 e. The molecule has 1 aliphatic rings. The van der Waals surface area contributed by atoms with E-state index in [2.05, 4.69) is 30.7 Å². The third-order valence-corrected chi connectivity index (χ3v) is 5.33. The Morgan fingerprint density at radius 2 is 2.22 bits per heavy atom. The number of H-pyrrole nitrogens is 1. The van der Waals surface area contributed by atoms with Gasteiger partial charge in [-0.2, -0.15) is 0 Å². The highest BCUT2D eigenvalue weighted by Gasteiger charge is 2.32. The summed E-state index contributed by atoms with van der Waals surface area (Å²) in [4.78, 5) is 10.1. The maximum absolute atomic E-state index is 6.02. The number of aryl methyl sites for hydroxylation is 1. The van der Waals surface area contributed by atoms with Crippen molar-refractivity contribution < 1.29 is 4.98 Å². The van der Waals surface area contributed by atoms with Crippen molar-refractivity contribution >= 4 is 27.4 Å². The summed E-state index contributed by atoms with van der Waals surface area (Å²) in [6.07, 6.45) is 5.28. The van der Waals surface area contributed by atoms with Crippen molar-refractivity contribution in [2.45, 2.75) is 40.0 Å². The van der Waals surface area contributed by atoms with Gasteiger partial charge in [0.15, 0.2) is 4.83 Å². The van der Waals surface area contributed by atoms with Gasteiger partial charge in [0.05, 0.1) is 0 Å². The summed E-state index contributed by atoms with van der Waals surface area (Å²) in [5, 5.41) is 1.17. The lowest BCUT2D eigenvalue weighted by molar-refractivity contribution is -0.346. The van der Waals surface area contributed by atoms with Gasteiger partial charge in [0, 0.05) is 4.88 Å². The van der Waals surface area contributed by atoms with Crippen LogP contribution in [0, 0.1) is 11.3 Å². The molecular weight excluding hydrogens is 242 g/mol. The molecule has 2 heterocycles. The van der Waals surface area contributed by atoms with Gasteiger partial charge in [-0.3, -0.25) is 0 Å². The van der Waals surface area contributed by atoms with Gasteiger partial charge < -0.3 is 5.73 Å². The number of hydrogen-bond donors (Lipinski definition) is 1. The van der Waals surface area contributed by atoms with Gasteiger partial charge in [-0.1, -0.05) is 32.1 Å². The number of thiophene rings is 1. The lowest BCUT2D eigenvalue weighted by atomic mass is 9.72. The first-order valence-corrected chi connectivity index (χ1v) is 7.35. The van der Waals surface area contributed by atoms with Crippen LogP contribution in [0.3, 0.4) is 0 Å². The molecule has 0 saturated heterocycles. The van der Waals surface area contributed by atoms with Gasteiger partial charge in [-0.15, -0.1) is 0 Å². The molecule has 0 spiro atoms. The van der Waals surface area contributed by atoms with Gasteiger partial charge in [0.25, 0.3) is 12.1 Å². The second-order valence-electron chi connectivity index (χ2n) is 6.30. The first kappa shape index (κ1) is 11.9. The fraction of sp³-hybridized carbons (Fsp3) is 0.571. The van der Waals surface area contributed by atoms with E-state index in [1.807, 2.05) is 11.3 Å². The van der Waals surface area contributed by atoms with E-state index in [1.165, 1.54) is 33.5 Å². The van der Waals surface area contributed by atoms with Gasteiger partial charge in [0.1, 0.15) is 5.39 Å². The number of aromatic amines is 1. The molecule has 3 N–H and O–H groups in total. The molecule has 3 nitrogen and oxygen atoms in total. The molecule has 3 rings (SSSR count). The second-order valence-corrected chi connectivity index (χ2v) is 7.41. The number of rotatable bonds is 0. The summed E-state index contributed by atoms with van der Waals surface area (Å²) in [6, 6.07) is 0. The van der Waals surface area contributed by atoms with Crippen LogP contribution >= 0.6 is 11.3 Å². The summed E-state index contributed by atoms with van der Waals surface area (Å²) < 4.78 is 0. The Morgan fingerprint density at radius 1 is 1.44 bits per heavy atom. The normalized spacial score (nSPS) is 20.1. The van der Waals surface area contributed by atoms with Crippen molar-refractivity contribution in [3.05, 3.63) is 16.8 Å². The molecule has 1 atom stereocenters. The first-order valence-electron chi connectivity index (χ1n) is 6.53. The average molecular weight is 262 g/mol. The highest BCUT2D eigenvalue weighted by Crippen LogP contribution is 2.43. The van der Waals surface area contributed by atoms with Crippen molar-refractivity contribution in [1.29, 1.82) is 0 Å². The van der Waals surface area contributed by atoms with Crippen LogP contribution in [0.2, 0.25) is 0 Å². The Morgan fingerprint density at radius 3 is 2.94 bits per heavy atom. The molecule has 0 fully saturated rings. The zero-order chi connectivity index (χ0) is 12.9. The van der Waals surface area contributed by atoms with E-state index < -0.39 is 0 Å². The molecule has 4 heteroatoms. The van der Waals surface area contributed by atoms with Gasteiger partial charge in [-0.05, 0) is 41.1 Å². The molecular formula is C14H20N3S+. The van der Waals surface area contributed by atoms with E-state index in [-0.39, 0.29) is 0 Å². The monoisotopic (exact) mass is 262 g/mol. The molecule has 2 aromatic heterocycles. The van der Waals surface area contributed by atoms with Gasteiger partial charge in [-0.25, -0.2) is 4.98 Å². The van der Waals surface area contributed by atoms with E-state index >= 15 is 0 Å². The van der Waals surface area contributed by atoms with Crippen LogP contribution < -0.4 is 10.7 Å². The van der Waals surface area contributed by atoms with E-state index in [4.69, 9.17) is 5.73 Å². The van der Waals surface area contributed by atoms with Gasteiger partial charge >= 0.3 is 0 Å². The SMILES string of the molecule is CC(C)(C)C1CCc2c(sc3[nH+]cnc(N)c23)C1. The standard InChI is InChI=1S/C14H19N3S/c1-14(2,3)8-4-5-9-10(6-8)18-13-11(9)12(15)16-7-17-13/h7-8H,4-6H2,1-3H3,(H2,15,16,17)/p+1. The number of hydrogen-bond acceptors (Lipinski definition) is 3. The number of nitrogens with zero attached hydrogens (tertiary/aromatic N) is 1. The molecule has 0 amide bonds. The maximum Gasteiger partial charge on any atom is 0.287 e. The number of nitrogens with two attached hydrogens (primary N) is 1. The molecule has 2 aromatic rings. The number of anilines is 1. The van der Waals surface area contributed by atoms with Crippen molar-refractivity contribution in [1.82, 2.24) is 4.98 Å². The van der Waals surface area contributed by atoms with Crippen molar-refractivity contribution in [3.63, 3.8) is 0 Å². The predicted molar refractivity (Wildman–Crippen MR) is 75.6 cm³/mol. The minimum atomic E-state index is 0.390. The number of nitrogen functional groups attached to an aromatic ring is 1. The third kappa shape index (κ3) is 1.79. The Bertz CT molecular complexity index is 595. The van der Waals surface area contributed by atoms with Crippen molar-refractivity contribution in [2.24, 2.45) is 11.3 Å². The number of nitrogens with one attached hydrogen (secondary N) is 1. The van der Waals surface area contributed by atoms with E-state index in [9.17, 15) is 0 Å². The van der Waals surface area contributed by atoms with E-state index in [0.29, 0.717) is 11.2 Å². The molecule has 1 aliphatic carbocycles. The number of aromatic nitrogens is 2. The predicted octanol–water partition coefficient (Wildman–Crippen LogP) is 2.84. The maximum atomic E-state index is 6.02. The van der Waals surface area contributed by atoms with Crippen LogP contribution in [-0.4, -0.2) is 4.98 Å². The molecule has 18 heavy (non-hydrogen) atoms. The molecule has 1 unspecified atom stereocenters. The van der Waals surface area contributed by atoms with Crippen molar-refractivity contribution in [3.8, 4) is 0 Å². The quantitative estimate of drug-likeness (QED) is 0.793. The minimum absolute atomic E-state index is 0.390.